The fourth-order valence-electron chi connectivity index (χ4n) is 2.41. The van der Waals surface area contributed by atoms with Crippen LogP contribution in [-0.4, -0.2) is 24.2 Å². The fourth-order valence-corrected chi connectivity index (χ4v) is 3.24. The molecule has 2 heterocycles. The predicted molar refractivity (Wildman–Crippen MR) is 75.6 cm³/mol. The van der Waals surface area contributed by atoms with Crippen LogP contribution in [0, 0.1) is 13.8 Å². The molecule has 3 rings (SSSR count). The summed E-state index contributed by atoms with van der Waals surface area (Å²) in [7, 11) is 0. The van der Waals surface area contributed by atoms with Crippen molar-refractivity contribution >= 4 is 21.6 Å². The van der Waals surface area contributed by atoms with E-state index in [4.69, 9.17) is 4.74 Å². The molecule has 4 heteroatoms. The number of rotatable bonds is 2. The van der Waals surface area contributed by atoms with Gasteiger partial charge in [-0.15, -0.1) is 11.3 Å². The molecule has 1 saturated heterocycles. The summed E-state index contributed by atoms with van der Waals surface area (Å²) in [6, 6.07) is 4.28. The van der Waals surface area contributed by atoms with E-state index in [1.54, 1.807) is 11.3 Å². The van der Waals surface area contributed by atoms with Crippen molar-refractivity contribution in [3.8, 4) is 5.75 Å². The van der Waals surface area contributed by atoms with Crippen LogP contribution in [0.4, 0.5) is 0 Å². The molecule has 0 spiro atoms. The van der Waals surface area contributed by atoms with Crippen molar-refractivity contribution in [2.75, 3.05) is 13.1 Å². The Morgan fingerprint density at radius 1 is 1.28 bits per heavy atom. The third-order valence-electron chi connectivity index (χ3n) is 3.39. The van der Waals surface area contributed by atoms with Gasteiger partial charge in [-0.25, -0.2) is 4.98 Å². The Labute approximate surface area is 111 Å². The number of thiazole rings is 1. The Morgan fingerprint density at radius 3 is 2.83 bits per heavy atom. The molecule has 0 atom stereocenters. The van der Waals surface area contributed by atoms with Gasteiger partial charge >= 0.3 is 0 Å². The third kappa shape index (κ3) is 2.22. The number of fused-ring (bicyclic) bond motifs is 1. The van der Waals surface area contributed by atoms with Crippen LogP contribution < -0.4 is 10.1 Å². The number of hydrogen-bond donors (Lipinski definition) is 1. The van der Waals surface area contributed by atoms with Gasteiger partial charge in [-0.2, -0.15) is 0 Å². The highest BCUT2D eigenvalue weighted by Crippen LogP contribution is 2.33. The van der Waals surface area contributed by atoms with Crippen LogP contribution in [0.5, 0.6) is 5.75 Å². The van der Waals surface area contributed by atoms with Gasteiger partial charge in [0.15, 0.2) is 0 Å². The van der Waals surface area contributed by atoms with Crippen LogP contribution in [0.25, 0.3) is 10.2 Å². The third-order valence-corrected chi connectivity index (χ3v) is 4.32. The smallest absolute Gasteiger partial charge is 0.149 e. The lowest BCUT2D eigenvalue weighted by molar-refractivity contribution is 0.163. The number of ether oxygens (including phenoxy) is 1. The molecule has 1 aliphatic heterocycles. The molecule has 0 radical (unpaired) electrons. The Kier molecular flexibility index (Phi) is 3.22. The molecule has 96 valence electrons. The highest BCUT2D eigenvalue weighted by molar-refractivity contribution is 7.18. The maximum Gasteiger partial charge on any atom is 0.149 e. The summed E-state index contributed by atoms with van der Waals surface area (Å²) in [5, 5.41) is 4.47. The second-order valence-corrected chi connectivity index (χ2v) is 6.09. The van der Waals surface area contributed by atoms with Gasteiger partial charge in [0.1, 0.15) is 17.4 Å². The lowest BCUT2D eigenvalue weighted by Gasteiger charge is -2.24. The summed E-state index contributed by atoms with van der Waals surface area (Å²) in [6.45, 7) is 6.25. The molecule has 0 amide bonds. The minimum atomic E-state index is 0.331. The maximum absolute atomic E-state index is 6.22. The predicted octanol–water partition coefficient (Wildman–Crippen LogP) is 3.04. The van der Waals surface area contributed by atoms with Crippen molar-refractivity contribution in [1.29, 1.82) is 0 Å². The summed E-state index contributed by atoms with van der Waals surface area (Å²) in [4.78, 5) is 4.62. The van der Waals surface area contributed by atoms with E-state index >= 15 is 0 Å². The van der Waals surface area contributed by atoms with Crippen LogP contribution in [0.3, 0.4) is 0 Å². The van der Waals surface area contributed by atoms with Gasteiger partial charge in [-0.1, -0.05) is 6.07 Å². The first-order valence-corrected chi connectivity index (χ1v) is 7.30. The quantitative estimate of drug-likeness (QED) is 0.903. The molecule has 1 aromatic heterocycles. The van der Waals surface area contributed by atoms with Crippen LogP contribution >= 0.6 is 11.3 Å². The minimum absolute atomic E-state index is 0.331. The normalized spacial score (nSPS) is 17.2. The van der Waals surface area contributed by atoms with Gasteiger partial charge in [-0.05, 0) is 51.4 Å². The second-order valence-electron chi connectivity index (χ2n) is 4.86. The van der Waals surface area contributed by atoms with Crippen molar-refractivity contribution in [2.24, 2.45) is 0 Å². The average molecular weight is 262 g/mol. The lowest BCUT2D eigenvalue weighted by atomic mass is 10.1. The summed E-state index contributed by atoms with van der Waals surface area (Å²) in [5.41, 5.74) is 2.22. The van der Waals surface area contributed by atoms with Crippen LogP contribution in [-0.2, 0) is 0 Å². The van der Waals surface area contributed by atoms with E-state index in [0.29, 0.717) is 6.10 Å². The molecule has 0 unspecified atom stereocenters. The topological polar surface area (TPSA) is 34.1 Å². The van der Waals surface area contributed by atoms with Crippen molar-refractivity contribution in [3.63, 3.8) is 0 Å². The molecule has 1 aliphatic rings. The van der Waals surface area contributed by atoms with Gasteiger partial charge in [0, 0.05) is 0 Å². The zero-order chi connectivity index (χ0) is 12.5. The molecular formula is C14H18N2OS. The van der Waals surface area contributed by atoms with E-state index in [1.807, 2.05) is 6.92 Å². The van der Waals surface area contributed by atoms with E-state index in [1.165, 1.54) is 10.3 Å². The van der Waals surface area contributed by atoms with Crippen molar-refractivity contribution < 1.29 is 4.74 Å². The Balaban J connectivity index is 1.96. The first-order valence-electron chi connectivity index (χ1n) is 6.48. The fraction of sp³-hybridized carbons (Fsp3) is 0.500. The molecule has 1 aromatic carbocycles. The van der Waals surface area contributed by atoms with Crippen LogP contribution in [0.1, 0.15) is 23.4 Å². The zero-order valence-corrected chi connectivity index (χ0v) is 11.6. The van der Waals surface area contributed by atoms with Crippen LogP contribution in [0.15, 0.2) is 12.1 Å². The molecule has 0 bridgehead atoms. The van der Waals surface area contributed by atoms with Crippen LogP contribution in [0.2, 0.25) is 0 Å². The summed E-state index contributed by atoms with van der Waals surface area (Å²) >= 11 is 1.73. The lowest BCUT2D eigenvalue weighted by Crippen LogP contribution is -2.34. The second kappa shape index (κ2) is 4.86. The highest BCUT2D eigenvalue weighted by atomic mass is 32.1. The largest absolute Gasteiger partial charge is 0.488 e. The number of hydrogen-bond acceptors (Lipinski definition) is 4. The first-order chi connectivity index (χ1) is 8.74. The Bertz CT molecular complexity index is 558. The number of benzene rings is 1. The number of nitrogens with zero attached hydrogens (tertiary/aromatic N) is 1. The molecule has 1 N–H and O–H groups in total. The zero-order valence-electron chi connectivity index (χ0n) is 10.8. The molecule has 2 aromatic rings. The summed E-state index contributed by atoms with van der Waals surface area (Å²) in [6.07, 6.45) is 2.50. The van der Waals surface area contributed by atoms with Gasteiger partial charge in [0.25, 0.3) is 0 Å². The summed E-state index contributed by atoms with van der Waals surface area (Å²) < 4.78 is 7.44. The molecule has 1 fully saturated rings. The number of aryl methyl sites for hydroxylation is 2. The standard InChI is InChI=1S/C14H18N2OS/c1-9-3-4-12-13(16-10(2)18-12)14(9)17-11-5-7-15-8-6-11/h3-4,11,15H,5-8H2,1-2H3. The molecule has 3 nitrogen and oxygen atoms in total. The molecular weight excluding hydrogens is 244 g/mol. The van der Waals surface area contributed by atoms with Gasteiger partial charge in [0.05, 0.1) is 9.71 Å². The molecule has 0 aliphatic carbocycles. The van der Waals surface area contributed by atoms with E-state index < -0.39 is 0 Å². The highest BCUT2D eigenvalue weighted by Gasteiger charge is 2.18. The van der Waals surface area contributed by atoms with E-state index in [2.05, 4.69) is 29.4 Å². The Hall–Kier alpha value is -1.13. The number of piperidine rings is 1. The van der Waals surface area contributed by atoms with Crippen molar-refractivity contribution in [2.45, 2.75) is 32.8 Å². The van der Waals surface area contributed by atoms with Crippen molar-refractivity contribution in [3.05, 3.63) is 22.7 Å². The van der Waals surface area contributed by atoms with E-state index in [9.17, 15) is 0 Å². The molecule has 18 heavy (non-hydrogen) atoms. The number of aromatic nitrogens is 1. The van der Waals surface area contributed by atoms with Crippen molar-refractivity contribution in [1.82, 2.24) is 10.3 Å². The SMILES string of the molecule is Cc1nc2c(OC3CCNCC3)c(C)ccc2s1. The maximum atomic E-state index is 6.22. The van der Waals surface area contributed by atoms with Gasteiger partial charge in [-0.3, -0.25) is 0 Å². The van der Waals surface area contributed by atoms with Gasteiger partial charge < -0.3 is 10.1 Å². The summed E-state index contributed by atoms with van der Waals surface area (Å²) in [5.74, 6) is 0.990. The minimum Gasteiger partial charge on any atom is -0.488 e. The van der Waals surface area contributed by atoms with Gasteiger partial charge in [0.2, 0.25) is 0 Å². The van der Waals surface area contributed by atoms with E-state index in [-0.39, 0.29) is 0 Å². The first kappa shape index (κ1) is 11.9. The Morgan fingerprint density at radius 2 is 2.06 bits per heavy atom. The average Bonchev–Trinajstić information content (AvgIpc) is 2.75. The molecule has 0 saturated carbocycles. The van der Waals surface area contributed by atoms with E-state index in [0.717, 1.165) is 42.2 Å². The monoisotopic (exact) mass is 262 g/mol. The number of nitrogens with one attached hydrogen (secondary N) is 1.